The van der Waals surface area contributed by atoms with Gasteiger partial charge in [0.15, 0.2) is 0 Å². The van der Waals surface area contributed by atoms with Crippen molar-refractivity contribution in [3.05, 3.63) is 65.5 Å². The number of likely N-dealkylation sites (N-methyl/N-ethyl adjacent to an activating group) is 1. The van der Waals surface area contributed by atoms with Crippen LogP contribution in [-0.2, 0) is 4.74 Å². The Morgan fingerprint density at radius 3 is 2.55 bits per heavy atom. The quantitative estimate of drug-likeness (QED) is 0.873. The summed E-state index contributed by atoms with van der Waals surface area (Å²) in [5.41, 5.74) is 3.58. The van der Waals surface area contributed by atoms with Gasteiger partial charge < -0.3 is 10.1 Å². The summed E-state index contributed by atoms with van der Waals surface area (Å²) in [6, 6.07) is 12.5. The Morgan fingerprint density at radius 2 is 1.95 bits per heavy atom. The van der Waals surface area contributed by atoms with Crippen LogP contribution in [0.3, 0.4) is 0 Å². The van der Waals surface area contributed by atoms with Crippen LogP contribution in [0.25, 0.3) is 0 Å². The minimum atomic E-state index is -0.0194. The fourth-order valence-electron chi connectivity index (χ4n) is 2.48. The van der Waals surface area contributed by atoms with Crippen LogP contribution in [0.5, 0.6) is 0 Å². The summed E-state index contributed by atoms with van der Waals surface area (Å²) < 4.78 is 6.00. The summed E-state index contributed by atoms with van der Waals surface area (Å²) in [6.07, 6.45) is 3.73. The molecule has 0 spiro atoms. The van der Waals surface area contributed by atoms with Gasteiger partial charge in [0.05, 0.1) is 6.04 Å². The van der Waals surface area contributed by atoms with Crippen LogP contribution >= 0.6 is 0 Å². The van der Waals surface area contributed by atoms with Gasteiger partial charge in [-0.2, -0.15) is 0 Å². The summed E-state index contributed by atoms with van der Waals surface area (Å²) in [5, 5.41) is 3.38. The second-order valence-corrected chi connectivity index (χ2v) is 4.79. The number of aryl methyl sites for hydroxylation is 1. The van der Waals surface area contributed by atoms with E-state index in [9.17, 15) is 0 Å². The maximum Gasteiger partial charge on any atom is 0.102 e. The van der Waals surface area contributed by atoms with E-state index in [0.717, 1.165) is 0 Å². The first-order valence-corrected chi connectivity index (χ1v) is 7.02. The van der Waals surface area contributed by atoms with Crippen LogP contribution in [-0.4, -0.2) is 18.6 Å². The highest BCUT2D eigenvalue weighted by Crippen LogP contribution is 2.32. The smallest absolute Gasteiger partial charge is 0.102 e. The average molecular weight is 270 g/mol. The van der Waals surface area contributed by atoms with E-state index in [-0.39, 0.29) is 12.1 Å². The average Bonchev–Trinajstić information content (AvgIpc) is 2.50. The maximum atomic E-state index is 6.00. The molecule has 0 saturated carbocycles. The van der Waals surface area contributed by atoms with E-state index < -0.39 is 0 Å². The van der Waals surface area contributed by atoms with Gasteiger partial charge in [0.25, 0.3) is 0 Å². The van der Waals surface area contributed by atoms with Gasteiger partial charge in [0.2, 0.25) is 0 Å². The normalized spacial score (nSPS) is 13.9. The molecular formula is C17H22N2O. The first kappa shape index (κ1) is 14.7. The first-order valence-electron chi connectivity index (χ1n) is 7.02. The van der Waals surface area contributed by atoms with Gasteiger partial charge in [-0.3, -0.25) is 4.98 Å². The Balaban J connectivity index is 2.38. The van der Waals surface area contributed by atoms with Gasteiger partial charge >= 0.3 is 0 Å². The van der Waals surface area contributed by atoms with E-state index >= 15 is 0 Å². The Bertz CT molecular complexity index is 528. The van der Waals surface area contributed by atoms with Crippen molar-refractivity contribution in [2.45, 2.75) is 26.0 Å². The number of rotatable bonds is 6. The van der Waals surface area contributed by atoms with E-state index in [0.29, 0.717) is 6.61 Å². The molecule has 2 unspecified atom stereocenters. The summed E-state index contributed by atoms with van der Waals surface area (Å²) >= 11 is 0. The van der Waals surface area contributed by atoms with Gasteiger partial charge in [-0.15, -0.1) is 0 Å². The molecule has 1 aromatic heterocycles. The van der Waals surface area contributed by atoms with Crippen molar-refractivity contribution in [3.8, 4) is 0 Å². The molecule has 3 nitrogen and oxygen atoms in total. The molecule has 0 bridgehead atoms. The number of ether oxygens (including phenoxy) is 1. The maximum absolute atomic E-state index is 6.00. The molecule has 0 fully saturated rings. The van der Waals surface area contributed by atoms with Gasteiger partial charge in [-0.05, 0) is 43.7 Å². The molecule has 3 heteroatoms. The Hall–Kier alpha value is -1.71. The molecule has 2 aromatic rings. The minimum Gasteiger partial charge on any atom is -0.372 e. The zero-order valence-electron chi connectivity index (χ0n) is 12.3. The van der Waals surface area contributed by atoms with Gasteiger partial charge in [-0.1, -0.05) is 30.3 Å². The highest BCUT2D eigenvalue weighted by molar-refractivity contribution is 5.29. The van der Waals surface area contributed by atoms with E-state index in [1.54, 1.807) is 0 Å². The fraction of sp³-hybridized carbons (Fsp3) is 0.353. The number of nitrogens with zero attached hydrogens (tertiary/aromatic N) is 1. The molecule has 20 heavy (non-hydrogen) atoms. The molecule has 0 aliphatic rings. The zero-order chi connectivity index (χ0) is 14.4. The molecule has 2 atom stereocenters. The van der Waals surface area contributed by atoms with Crippen LogP contribution in [0.15, 0.2) is 48.8 Å². The number of pyridine rings is 1. The third-order valence-corrected chi connectivity index (χ3v) is 3.50. The number of nitrogens with one attached hydrogen (secondary N) is 1. The molecule has 0 aliphatic heterocycles. The standard InChI is InChI=1S/C17H22N2O/c1-4-20-17(14-8-6-5-7-9-14)16(18-3)15-12-19-11-10-13(15)2/h5-12,16-18H,4H2,1-3H3. The zero-order valence-corrected chi connectivity index (χ0v) is 12.3. The van der Waals surface area contributed by atoms with Crippen LogP contribution in [0.4, 0.5) is 0 Å². The SMILES string of the molecule is CCOC(c1ccccc1)C(NC)c1cnccc1C. The van der Waals surface area contributed by atoms with E-state index in [1.807, 2.05) is 50.6 Å². The van der Waals surface area contributed by atoms with Crippen LogP contribution in [0.1, 0.15) is 35.8 Å². The molecule has 0 saturated heterocycles. The highest BCUT2D eigenvalue weighted by atomic mass is 16.5. The van der Waals surface area contributed by atoms with Crippen LogP contribution in [0.2, 0.25) is 0 Å². The van der Waals surface area contributed by atoms with E-state index in [1.165, 1.54) is 16.7 Å². The lowest BCUT2D eigenvalue weighted by Gasteiger charge is -2.28. The monoisotopic (exact) mass is 270 g/mol. The van der Waals surface area contributed by atoms with Crippen LogP contribution in [0, 0.1) is 6.92 Å². The highest BCUT2D eigenvalue weighted by Gasteiger charge is 2.25. The molecule has 106 valence electrons. The van der Waals surface area contributed by atoms with Crippen molar-refractivity contribution >= 4 is 0 Å². The minimum absolute atomic E-state index is 0.0194. The molecule has 0 aliphatic carbocycles. The Morgan fingerprint density at radius 1 is 1.20 bits per heavy atom. The lowest BCUT2D eigenvalue weighted by Crippen LogP contribution is -2.26. The van der Waals surface area contributed by atoms with Crippen molar-refractivity contribution in [2.24, 2.45) is 0 Å². The molecule has 0 amide bonds. The van der Waals surface area contributed by atoms with E-state index in [4.69, 9.17) is 4.74 Å². The molecule has 1 N–H and O–H groups in total. The van der Waals surface area contributed by atoms with Gasteiger partial charge in [-0.25, -0.2) is 0 Å². The topological polar surface area (TPSA) is 34.1 Å². The van der Waals surface area contributed by atoms with E-state index in [2.05, 4.69) is 29.4 Å². The van der Waals surface area contributed by atoms with Gasteiger partial charge in [0, 0.05) is 19.0 Å². The summed E-state index contributed by atoms with van der Waals surface area (Å²) in [6.45, 7) is 4.81. The lowest BCUT2D eigenvalue weighted by atomic mass is 9.94. The second-order valence-electron chi connectivity index (χ2n) is 4.79. The van der Waals surface area contributed by atoms with Gasteiger partial charge in [0.1, 0.15) is 6.10 Å². The number of hydrogen-bond donors (Lipinski definition) is 1. The third kappa shape index (κ3) is 3.24. The van der Waals surface area contributed by atoms with Crippen molar-refractivity contribution < 1.29 is 4.74 Å². The van der Waals surface area contributed by atoms with Crippen molar-refractivity contribution in [1.82, 2.24) is 10.3 Å². The molecular weight excluding hydrogens is 248 g/mol. The fourth-order valence-corrected chi connectivity index (χ4v) is 2.48. The lowest BCUT2D eigenvalue weighted by molar-refractivity contribution is 0.0345. The van der Waals surface area contributed by atoms with Crippen molar-refractivity contribution in [3.63, 3.8) is 0 Å². The van der Waals surface area contributed by atoms with Crippen molar-refractivity contribution in [2.75, 3.05) is 13.7 Å². The van der Waals surface area contributed by atoms with Crippen molar-refractivity contribution in [1.29, 1.82) is 0 Å². The number of aromatic nitrogens is 1. The molecule has 1 aromatic carbocycles. The largest absolute Gasteiger partial charge is 0.372 e. The predicted octanol–water partition coefficient (Wildman–Crippen LogP) is 3.43. The summed E-state index contributed by atoms with van der Waals surface area (Å²) in [7, 11) is 1.96. The molecule has 0 radical (unpaired) electrons. The van der Waals surface area contributed by atoms with Crippen LogP contribution < -0.4 is 5.32 Å². The second kappa shape index (κ2) is 7.17. The summed E-state index contributed by atoms with van der Waals surface area (Å²) in [4.78, 5) is 4.26. The Labute approximate surface area is 121 Å². The Kier molecular flexibility index (Phi) is 5.27. The third-order valence-electron chi connectivity index (χ3n) is 3.50. The summed E-state index contributed by atoms with van der Waals surface area (Å²) in [5.74, 6) is 0. The molecule has 1 heterocycles. The predicted molar refractivity (Wildman–Crippen MR) is 81.6 cm³/mol. The first-order chi connectivity index (χ1) is 9.77. The number of benzene rings is 1. The number of hydrogen-bond acceptors (Lipinski definition) is 3. The molecule has 2 rings (SSSR count).